The average Bonchev–Trinajstić information content (AvgIpc) is 0.795. The molecule has 6 heteroatoms. The number of aromatic nitrogens is 4. The summed E-state index contributed by atoms with van der Waals surface area (Å²) in [4.78, 5) is 0. The molecular formula is C94H114F2N4+4. The molecule has 12 aromatic rings. The van der Waals surface area contributed by atoms with Crippen LogP contribution in [0.1, 0.15) is 153 Å². The van der Waals surface area contributed by atoms with Crippen LogP contribution in [0.5, 0.6) is 0 Å². The summed E-state index contributed by atoms with van der Waals surface area (Å²) in [5.41, 5.74) is 34.0. The van der Waals surface area contributed by atoms with Gasteiger partial charge in [-0.15, -0.1) is 0 Å². The molecule has 12 rings (SSSR count). The van der Waals surface area contributed by atoms with Gasteiger partial charge in [-0.2, -0.15) is 18.3 Å². The van der Waals surface area contributed by atoms with Gasteiger partial charge in [0, 0.05) is 92.5 Å². The third-order valence-corrected chi connectivity index (χ3v) is 20.1. The number of fused-ring (bicyclic) bond motifs is 4. The highest BCUT2D eigenvalue weighted by atomic mass is 19.1. The van der Waals surface area contributed by atoms with Crippen molar-refractivity contribution in [3.8, 4) is 45.0 Å². The minimum absolute atomic E-state index is 0.101. The molecule has 0 unspecified atom stereocenters. The zero-order valence-electron chi connectivity index (χ0n) is 65.1. The second-order valence-corrected chi connectivity index (χ2v) is 31.2. The predicted molar refractivity (Wildman–Crippen MR) is 422 cm³/mol. The van der Waals surface area contributed by atoms with Crippen LogP contribution in [0.4, 0.5) is 8.78 Å². The van der Waals surface area contributed by atoms with E-state index in [-0.39, 0.29) is 11.6 Å². The molecule has 0 saturated carbocycles. The van der Waals surface area contributed by atoms with Crippen molar-refractivity contribution in [1.29, 1.82) is 0 Å². The highest BCUT2D eigenvalue weighted by Crippen LogP contribution is 2.34. The van der Waals surface area contributed by atoms with Gasteiger partial charge >= 0.3 is 0 Å². The number of benzene rings is 8. The highest BCUT2D eigenvalue weighted by molar-refractivity contribution is 5.85. The highest BCUT2D eigenvalue weighted by Gasteiger charge is 2.25. The maximum absolute atomic E-state index is 14.3. The number of halogens is 2. The quantitative estimate of drug-likeness (QED) is 0.0965. The van der Waals surface area contributed by atoms with Gasteiger partial charge in [-0.05, 0) is 247 Å². The number of aryl methyl sites for hydroxylation is 12. The Hall–Kier alpha value is -8.74. The van der Waals surface area contributed by atoms with Gasteiger partial charge in [0.05, 0.1) is 5.39 Å². The smallest absolute Gasteiger partial charge is 0.207 e. The molecule has 0 spiro atoms. The van der Waals surface area contributed by atoms with Gasteiger partial charge in [-0.3, -0.25) is 0 Å². The Kier molecular flexibility index (Phi) is 24.4. The summed E-state index contributed by atoms with van der Waals surface area (Å²) < 4.78 is 37.8. The molecule has 0 amide bonds. The van der Waals surface area contributed by atoms with Crippen molar-refractivity contribution in [3.63, 3.8) is 0 Å². The van der Waals surface area contributed by atoms with Gasteiger partial charge in [0.1, 0.15) is 39.8 Å². The monoisotopic (exact) mass is 1340 g/mol. The molecular weight excluding hydrogens is 1220 g/mol. The molecule has 0 bridgehead atoms. The second kappa shape index (κ2) is 32.3. The minimum Gasteiger partial charge on any atom is -0.207 e. The molecule has 4 aromatic heterocycles. The van der Waals surface area contributed by atoms with Crippen molar-refractivity contribution in [3.05, 3.63) is 259 Å². The van der Waals surface area contributed by atoms with Crippen LogP contribution in [0, 0.1) is 110 Å². The van der Waals surface area contributed by atoms with Gasteiger partial charge in [-0.1, -0.05) is 146 Å². The van der Waals surface area contributed by atoms with Crippen LogP contribution in [0.2, 0.25) is 0 Å². The Labute approximate surface area is 599 Å². The summed E-state index contributed by atoms with van der Waals surface area (Å²) >= 11 is 0. The van der Waals surface area contributed by atoms with Gasteiger partial charge in [0.25, 0.3) is 0 Å². The summed E-state index contributed by atoms with van der Waals surface area (Å²) in [5, 5.41) is 4.73. The first-order valence-corrected chi connectivity index (χ1v) is 36.7. The minimum atomic E-state index is -0.101. The Balaban J connectivity index is 0.000000156. The van der Waals surface area contributed by atoms with Gasteiger partial charge < -0.3 is 0 Å². The molecule has 0 atom stereocenters. The van der Waals surface area contributed by atoms with E-state index >= 15 is 0 Å². The number of rotatable bonds is 14. The lowest BCUT2D eigenvalue weighted by atomic mass is 9.92. The van der Waals surface area contributed by atoms with E-state index < -0.39 is 0 Å². The fourth-order valence-corrected chi connectivity index (χ4v) is 14.8. The Bertz CT molecular complexity index is 4920. The van der Waals surface area contributed by atoms with Crippen molar-refractivity contribution >= 4 is 43.6 Å². The fourth-order valence-electron chi connectivity index (χ4n) is 14.8. The third kappa shape index (κ3) is 17.3. The maximum atomic E-state index is 14.3. The zero-order chi connectivity index (χ0) is 72.9. The van der Waals surface area contributed by atoms with Gasteiger partial charge in [0.2, 0.25) is 44.8 Å². The lowest BCUT2D eigenvalue weighted by molar-refractivity contribution is -0.633. The van der Waals surface area contributed by atoms with Crippen molar-refractivity contribution in [2.45, 2.75) is 171 Å². The molecule has 0 aliphatic heterocycles. The van der Waals surface area contributed by atoms with E-state index in [0.29, 0.717) is 29.6 Å². The molecule has 0 aliphatic carbocycles. The Morgan fingerprint density at radius 3 is 1.22 bits per heavy atom. The maximum Gasteiger partial charge on any atom is 0.213 e. The van der Waals surface area contributed by atoms with Crippen molar-refractivity contribution in [1.82, 2.24) is 0 Å². The summed E-state index contributed by atoms with van der Waals surface area (Å²) in [7, 11) is 8.55. The van der Waals surface area contributed by atoms with Crippen LogP contribution >= 0.6 is 0 Å². The molecule has 100 heavy (non-hydrogen) atoms. The SMILES string of the molecule is Cc1cc(C)c(C)c(-c2ccc3c(CC(C)C)cc(CC(C)C)cc3[n+]2C)c1.Cc1cc(C)c(C)c(-c2ccc3c(CC(C)C)cccc3[n+]2C)c1.Cc1ccc(C)c(-c2ccc3c(CC(C)C)c(F)ccc3[n+]2C)c1.Cc1ccc(C)c(-c2ccc3cc(F)c(CC(C)C)cc3[n+]2C)c1. The molecule has 0 saturated heterocycles. The average molecular weight is 1340 g/mol. The van der Waals surface area contributed by atoms with Crippen LogP contribution in [-0.2, 0) is 60.3 Å². The summed E-state index contributed by atoms with van der Waals surface area (Å²) in [6.07, 6.45) is 4.90. The Morgan fingerprint density at radius 2 is 0.710 bits per heavy atom. The van der Waals surface area contributed by atoms with Crippen molar-refractivity contribution in [2.75, 3.05) is 0 Å². The first kappa shape index (κ1) is 75.5. The van der Waals surface area contributed by atoms with Gasteiger partial charge in [-0.25, -0.2) is 8.78 Å². The largest absolute Gasteiger partial charge is 0.213 e. The van der Waals surface area contributed by atoms with E-state index in [1.165, 1.54) is 128 Å². The van der Waals surface area contributed by atoms with Crippen LogP contribution < -0.4 is 18.3 Å². The first-order valence-electron chi connectivity index (χ1n) is 36.7. The van der Waals surface area contributed by atoms with E-state index in [0.717, 1.165) is 76.4 Å². The molecule has 4 nitrogen and oxygen atoms in total. The van der Waals surface area contributed by atoms with Crippen LogP contribution in [0.25, 0.3) is 88.6 Å². The van der Waals surface area contributed by atoms with Crippen LogP contribution in [-0.4, -0.2) is 0 Å². The number of pyridine rings is 4. The summed E-state index contributed by atoms with van der Waals surface area (Å²) in [5.74, 6) is 2.65. The van der Waals surface area contributed by atoms with E-state index in [4.69, 9.17) is 0 Å². The molecule has 4 heterocycles. The van der Waals surface area contributed by atoms with E-state index in [2.05, 4.69) is 318 Å². The normalized spacial score (nSPS) is 11.6. The van der Waals surface area contributed by atoms with Crippen LogP contribution in [0.15, 0.2) is 164 Å². The zero-order valence-corrected chi connectivity index (χ0v) is 65.1. The second-order valence-electron chi connectivity index (χ2n) is 31.2. The van der Waals surface area contributed by atoms with E-state index in [1.807, 2.05) is 18.2 Å². The lowest BCUT2D eigenvalue weighted by Crippen LogP contribution is -2.32. The van der Waals surface area contributed by atoms with Crippen molar-refractivity contribution in [2.24, 2.45) is 57.8 Å². The first-order chi connectivity index (χ1) is 47.3. The number of hydrogen-bond acceptors (Lipinski definition) is 0. The lowest BCUT2D eigenvalue weighted by Gasteiger charge is -2.15. The molecule has 520 valence electrons. The van der Waals surface area contributed by atoms with E-state index in [1.54, 1.807) is 12.1 Å². The number of hydrogen-bond donors (Lipinski definition) is 0. The molecule has 8 aromatic carbocycles. The Morgan fingerprint density at radius 1 is 0.290 bits per heavy atom. The van der Waals surface area contributed by atoms with E-state index in [9.17, 15) is 8.78 Å². The topological polar surface area (TPSA) is 15.5 Å². The fraction of sp³-hybridized carbons (Fsp3) is 0.362. The summed E-state index contributed by atoms with van der Waals surface area (Å²) in [6, 6.07) is 58.5. The molecule has 0 aliphatic rings. The summed E-state index contributed by atoms with van der Waals surface area (Å²) in [6.45, 7) is 44.1. The van der Waals surface area contributed by atoms with Crippen LogP contribution in [0.3, 0.4) is 0 Å². The molecule has 0 radical (unpaired) electrons. The predicted octanol–water partition coefficient (Wildman–Crippen LogP) is 22.7. The molecule has 0 N–H and O–H groups in total. The third-order valence-electron chi connectivity index (χ3n) is 20.1. The number of nitrogens with zero attached hydrogens (tertiary/aromatic N) is 4. The van der Waals surface area contributed by atoms with Gasteiger partial charge in [0.15, 0.2) is 0 Å². The van der Waals surface area contributed by atoms with Crippen molar-refractivity contribution < 1.29 is 27.0 Å². The standard InChI is InChI=1S/C27H36N.C23H28N.2C22H25FN/c1-17(2)11-22-15-23(12-18(3)4)24-9-10-26(28(8)27(24)16-22)25-14-19(5)13-20(6)21(25)7;1-15(2)12-19-8-7-9-22-20(19)10-11-23(24(22)6)21-14-16(3)13-17(4)18(21)5;1-14(2)12-19-17-8-10-22(18-13-15(3)6-7-16(18)4)24(5)21(17)11-9-20(19)23;1-14(2)10-18-13-22-17(12-20(18)23)8-9-21(24(22)5)19-11-15(3)6-7-16(19)4/h9-10,13-18H,11-12H2,1-8H3;7-11,13-15H,12H2,1-6H3;6-11,13-14H,12H2,1-5H3;6-9,11-14H,10H2,1-5H3/q4*+1. The molecule has 0 fully saturated rings.